The van der Waals surface area contributed by atoms with E-state index < -0.39 is 0 Å². The van der Waals surface area contributed by atoms with Crippen molar-refractivity contribution < 1.29 is 19.1 Å². The van der Waals surface area contributed by atoms with Crippen molar-refractivity contribution in [3.8, 4) is 5.75 Å². The number of allylic oxidation sites excluding steroid dienone is 2. The SMILES string of the molecule is COc1ccccc1CNC(=O)CCCN1C(=O)[C@@H]2CC=CC[C@H]2C1=O. The van der Waals surface area contributed by atoms with Crippen molar-refractivity contribution in [2.24, 2.45) is 11.8 Å². The Morgan fingerprint density at radius 1 is 1.15 bits per heavy atom. The molecule has 0 saturated carbocycles. The molecule has 3 rings (SSSR count). The molecule has 0 aromatic heterocycles. The summed E-state index contributed by atoms with van der Waals surface area (Å²) in [6.07, 6.45) is 5.99. The van der Waals surface area contributed by atoms with E-state index >= 15 is 0 Å². The molecule has 0 radical (unpaired) electrons. The lowest BCUT2D eigenvalue weighted by Crippen LogP contribution is -2.33. The largest absolute Gasteiger partial charge is 0.496 e. The van der Waals surface area contributed by atoms with E-state index in [1.165, 1.54) is 4.90 Å². The second kappa shape index (κ2) is 8.17. The van der Waals surface area contributed by atoms with Gasteiger partial charge in [0, 0.05) is 25.1 Å². The molecule has 6 heteroatoms. The number of nitrogens with one attached hydrogen (secondary N) is 1. The van der Waals surface area contributed by atoms with E-state index in [-0.39, 0.29) is 36.0 Å². The zero-order valence-electron chi connectivity index (χ0n) is 14.9. The van der Waals surface area contributed by atoms with Crippen LogP contribution in [0.15, 0.2) is 36.4 Å². The summed E-state index contributed by atoms with van der Waals surface area (Å²) in [7, 11) is 1.60. The Bertz CT molecular complexity index is 702. The minimum absolute atomic E-state index is 0.0845. The number of nitrogens with zero attached hydrogens (tertiary/aromatic N) is 1. The molecule has 138 valence electrons. The van der Waals surface area contributed by atoms with E-state index in [0.717, 1.165) is 11.3 Å². The van der Waals surface area contributed by atoms with Crippen molar-refractivity contribution in [3.63, 3.8) is 0 Å². The molecule has 3 amide bonds. The lowest BCUT2D eigenvalue weighted by atomic mass is 9.85. The number of rotatable bonds is 7. The van der Waals surface area contributed by atoms with Crippen LogP contribution in [0.25, 0.3) is 0 Å². The molecule has 6 nitrogen and oxygen atoms in total. The molecule has 26 heavy (non-hydrogen) atoms. The smallest absolute Gasteiger partial charge is 0.233 e. The monoisotopic (exact) mass is 356 g/mol. The Morgan fingerprint density at radius 3 is 2.46 bits per heavy atom. The van der Waals surface area contributed by atoms with Crippen LogP contribution in [0.3, 0.4) is 0 Å². The van der Waals surface area contributed by atoms with Gasteiger partial charge in [0.2, 0.25) is 17.7 Å². The molecule has 0 spiro atoms. The van der Waals surface area contributed by atoms with Gasteiger partial charge in [0.25, 0.3) is 0 Å². The number of carbonyl (C=O) groups is 3. The number of benzene rings is 1. The van der Waals surface area contributed by atoms with Crippen molar-refractivity contribution in [2.45, 2.75) is 32.2 Å². The average Bonchev–Trinajstić information content (AvgIpc) is 2.91. The number of carbonyl (C=O) groups excluding carboxylic acids is 3. The van der Waals surface area contributed by atoms with Crippen LogP contribution in [0.2, 0.25) is 0 Å². The first kappa shape index (κ1) is 18.2. The molecule has 2 aliphatic rings. The van der Waals surface area contributed by atoms with Crippen LogP contribution in [-0.2, 0) is 20.9 Å². The zero-order chi connectivity index (χ0) is 18.5. The highest BCUT2D eigenvalue weighted by Gasteiger charge is 2.46. The summed E-state index contributed by atoms with van der Waals surface area (Å²) in [5.74, 6) is 0.0580. The van der Waals surface area contributed by atoms with Crippen molar-refractivity contribution in [2.75, 3.05) is 13.7 Å². The third kappa shape index (κ3) is 3.79. The maximum atomic E-state index is 12.4. The Morgan fingerprint density at radius 2 is 1.81 bits per heavy atom. The molecule has 1 aromatic carbocycles. The van der Waals surface area contributed by atoms with Gasteiger partial charge in [-0.15, -0.1) is 0 Å². The lowest BCUT2D eigenvalue weighted by Gasteiger charge is -2.14. The molecule has 2 atom stereocenters. The van der Waals surface area contributed by atoms with Gasteiger partial charge in [0.15, 0.2) is 0 Å². The molecule has 1 fully saturated rings. The van der Waals surface area contributed by atoms with Gasteiger partial charge in [-0.1, -0.05) is 30.4 Å². The van der Waals surface area contributed by atoms with Crippen LogP contribution in [0.1, 0.15) is 31.2 Å². The highest BCUT2D eigenvalue weighted by Crippen LogP contribution is 2.35. The number of ether oxygens (including phenoxy) is 1. The molecule has 0 bridgehead atoms. The Kier molecular flexibility index (Phi) is 5.71. The molecule has 1 aromatic rings. The number of para-hydroxylation sites is 1. The van der Waals surface area contributed by atoms with Crippen LogP contribution < -0.4 is 10.1 Å². The normalized spacial score (nSPS) is 21.7. The number of methoxy groups -OCH3 is 1. The Balaban J connectivity index is 1.44. The van der Waals surface area contributed by atoms with Gasteiger partial charge < -0.3 is 10.1 Å². The van der Waals surface area contributed by atoms with Gasteiger partial charge in [-0.2, -0.15) is 0 Å². The van der Waals surface area contributed by atoms with Crippen LogP contribution in [-0.4, -0.2) is 36.3 Å². The highest BCUT2D eigenvalue weighted by atomic mass is 16.5. The molecule has 1 aliphatic heterocycles. The second-order valence-electron chi connectivity index (χ2n) is 6.68. The van der Waals surface area contributed by atoms with Crippen LogP contribution in [0, 0.1) is 11.8 Å². The van der Waals surface area contributed by atoms with Gasteiger partial charge in [0.1, 0.15) is 5.75 Å². The first-order valence-corrected chi connectivity index (χ1v) is 9.00. The zero-order valence-corrected chi connectivity index (χ0v) is 14.9. The first-order valence-electron chi connectivity index (χ1n) is 9.00. The van der Waals surface area contributed by atoms with Crippen LogP contribution in [0.5, 0.6) is 5.75 Å². The van der Waals surface area contributed by atoms with Gasteiger partial charge >= 0.3 is 0 Å². The Labute approximate surface area is 153 Å². The number of hydrogen-bond acceptors (Lipinski definition) is 4. The standard InChI is InChI=1S/C20H24N2O4/c1-26-17-10-5-2-7-14(17)13-21-18(23)11-6-12-22-19(24)15-8-3-4-9-16(15)20(22)25/h2-5,7,10,15-16H,6,8-9,11-13H2,1H3,(H,21,23)/t15-,16-/m1/s1. The van der Waals surface area contributed by atoms with Gasteiger partial charge in [-0.25, -0.2) is 0 Å². The molecular formula is C20H24N2O4. The van der Waals surface area contributed by atoms with E-state index in [0.29, 0.717) is 32.4 Å². The van der Waals surface area contributed by atoms with Crippen LogP contribution >= 0.6 is 0 Å². The van der Waals surface area contributed by atoms with Crippen molar-refractivity contribution in [1.29, 1.82) is 0 Å². The van der Waals surface area contributed by atoms with Crippen molar-refractivity contribution >= 4 is 17.7 Å². The molecular weight excluding hydrogens is 332 g/mol. The maximum Gasteiger partial charge on any atom is 0.233 e. The minimum Gasteiger partial charge on any atom is -0.496 e. The number of amides is 3. The third-order valence-corrected chi connectivity index (χ3v) is 5.05. The number of fused-ring (bicyclic) bond motifs is 1. The summed E-state index contributed by atoms with van der Waals surface area (Å²) in [5.41, 5.74) is 0.907. The number of imide groups is 1. The fourth-order valence-electron chi connectivity index (χ4n) is 3.62. The number of hydrogen-bond donors (Lipinski definition) is 1. The second-order valence-corrected chi connectivity index (χ2v) is 6.68. The summed E-state index contributed by atoms with van der Waals surface area (Å²) in [5, 5.41) is 2.85. The van der Waals surface area contributed by atoms with Gasteiger partial charge in [0.05, 0.1) is 18.9 Å². The average molecular weight is 356 g/mol. The summed E-state index contributed by atoms with van der Waals surface area (Å²) in [6.45, 7) is 0.701. The minimum atomic E-state index is -0.202. The van der Waals surface area contributed by atoms with Gasteiger partial charge in [-0.05, 0) is 25.3 Å². The van der Waals surface area contributed by atoms with E-state index in [9.17, 15) is 14.4 Å². The van der Waals surface area contributed by atoms with Crippen LogP contribution in [0.4, 0.5) is 0 Å². The lowest BCUT2D eigenvalue weighted by molar-refractivity contribution is -0.140. The number of likely N-dealkylation sites (tertiary alicyclic amines) is 1. The van der Waals surface area contributed by atoms with E-state index in [2.05, 4.69) is 5.32 Å². The van der Waals surface area contributed by atoms with E-state index in [4.69, 9.17) is 4.74 Å². The fourth-order valence-corrected chi connectivity index (χ4v) is 3.62. The molecule has 1 aliphatic carbocycles. The quantitative estimate of drug-likeness (QED) is 0.599. The molecule has 0 unspecified atom stereocenters. The maximum absolute atomic E-state index is 12.4. The predicted molar refractivity (Wildman–Crippen MR) is 96.1 cm³/mol. The summed E-state index contributed by atoms with van der Waals surface area (Å²) in [6, 6.07) is 7.51. The summed E-state index contributed by atoms with van der Waals surface area (Å²) in [4.78, 5) is 38.1. The highest BCUT2D eigenvalue weighted by molar-refractivity contribution is 6.05. The fraction of sp³-hybridized carbons (Fsp3) is 0.450. The third-order valence-electron chi connectivity index (χ3n) is 5.05. The van der Waals surface area contributed by atoms with Crippen molar-refractivity contribution in [3.05, 3.63) is 42.0 Å². The molecule has 1 saturated heterocycles. The summed E-state index contributed by atoms with van der Waals surface area (Å²) >= 11 is 0. The van der Waals surface area contributed by atoms with Crippen molar-refractivity contribution in [1.82, 2.24) is 10.2 Å². The van der Waals surface area contributed by atoms with E-state index in [1.54, 1.807) is 7.11 Å². The summed E-state index contributed by atoms with van der Waals surface area (Å²) < 4.78 is 5.26. The first-order chi connectivity index (χ1) is 12.6. The molecule has 1 N–H and O–H groups in total. The van der Waals surface area contributed by atoms with E-state index in [1.807, 2.05) is 36.4 Å². The van der Waals surface area contributed by atoms with Gasteiger partial charge in [-0.3, -0.25) is 19.3 Å². The topological polar surface area (TPSA) is 75.7 Å². The Hall–Kier alpha value is -2.63. The molecule has 1 heterocycles. The predicted octanol–water partition coefficient (Wildman–Crippen LogP) is 2.04.